The highest BCUT2D eigenvalue weighted by molar-refractivity contribution is 6.30. The van der Waals surface area contributed by atoms with Crippen LogP contribution >= 0.6 is 11.6 Å². The molecule has 28 heavy (non-hydrogen) atoms. The Balaban J connectivity index is 1.54. The minimum absolute atomic E-state index is 0.0447. The number of hydrogen-bond donors (Lipinski definition) is 1. The van der Waals surface area contributed by atoms with Gasteiger partial charge in [0.25, 0.3) is 0 Å². The fourth-order valence-corrected chi connectivity index (χ4v) is 3.99. The molecular formula is C22H25ClN2O3. The standard InChI is InChI=1S/C22H25ClN2O3/c1-15-2-4-17(23)13-18(15)16-3-5-21-19(12-16)20(6-9-28-21)24-22(26)14-25-7-10-27-11-8-25/h2-5,12-13,20H,6-11,14H2,1H3,(H,24,26). The van der Waals surface area contributed by atoms with Gasteiger partial charge in [0.1, 0.15) is 5.75 Å². The molecule has 1 N–H and O–H groups in total. The Hall–Kier alpha value is -2.08. The lowest BCUT2D eigenvalue weighted by atomic mass is 9.93. The highest BCUT2D eigenvalue weighted by Gasteiger charge is 2.25. The van der Waals surface area contributed by atoms with Crippen LogP contribution < -0.4 is 10.1 Å². The zero-order valence-corrected chi connectivity index (χ0v) is 16.8. The number of rotatable bonds is 4. The number of carbonyl (C=O) groups excluding carboxylic acids is 1. The highest BCUT2D eigenvalue weighted by atomic mass is 35.5. The minimum Gasteiger partial charge on any atom is -0.493 e. The Morgan fingerprint density at radius 1 is 1.18 bits per heavy atom. The smallest absolute Gasteiger partial charge is 0.234 e. The van der Waals surface area contributed by atoms with Gasteiger partial charge in [0.2, 0.25) is 5.91 Å². The van der Waals surface area contributed by atoms with Crippen molar-refractivity contribution in [2.24, 2.45) is 0 Å². The SMILES string of the molecule is Cc1ccc(Cl)cc1-c1ccc2c(c1)C(NC(=O)CN1CCOCC1)CCO2. The monoisotopic (exact) mass is 400 g/mol. The molecule has 6 heteroatoms. The van der Waals surface area contributed by atoms with Crippen LogP contribution in [0, 0.1) is 6.92 Å². The molecule has 0 saturated carbocycles. The largest absolute Gasteiger partial charge is 0.493 e. The maximum Gasteiger partial charge on any atom is 0.234 e. The predicted molar refractivity (Wildman–Crippen MR) is 110 cm³/mol. The van der Waals surface area contributed by atoms with Crippen molar-refractivity contribution in [3.05, 3.63) is 52.5 Å². The number of fused-ring (bicyclic) bond motifs is 1. The van der Waals surface area contributed by atoms with Crippen molar-refractivity contribution < 1.29 is 14.3 Å². The van der Waals surface area contributed by atoms with Crippen LogP contribution in [0.3, 0.4) is 0 Å². The Morgan fingerprint density at radius 3 is 2.82 bits per heavy atom. The Bertz CT molecular complexity index is 865. The van der Waals surface area contributed by atoms with Gasteiger partial charge in [-0.05, 0) is 47.9 Å². The molecule has 2 aromatic rings. The molecule has 2 heterocycles. The van der Waals surface area contributed by atoms with Gasteiger partial charge >= 0.3 is 0 Å². The average molecular weight is 401 g/mol. The number of aryl methyl sites for hydroxylation is 1. The molecule has 1 amide bonds. The average Bonchev–Trinajstić information content (AvgIpc) is 2.70. The summed E-state index contributed by atoms with van der Waals surface area (Å²) in [4.78, 5) is 14.7. The van der Waals surface area contributed by atoms with Gasteiger partial charge in [-0.15, -0.1) is 0 Å². The summed E-state index contributed by atoms with van der Waals surface area (Å²) in [5, 5.41) is 3.91. The molecule has 0 aromatic heterocycles. The van der Waals surface area contributed by atoms with Gasteiger partial charge in [-0.3, -0.25) is 9.69 Å². The van der Waals surface area contributed by atoms with Crippen LogP contribution in [0.2, 0.25) is 5.02 Å². The highest BCUT2D eigenvalue weighted by Crippen LogP contribution is 2.36. The van der Waals surface area contributed by atoms with Gasteiger partial charge in [0, 0.05) is 30.1 Å². The van der Waals surface area contributed by atoms with Crippen LogP contribution in [0.1, 0.15) is 23.6 Å². The number of benzene rings is 2. The van der Waals surface area contributed by atoms with Crippen molar-refractivity contribution in [1.29, 1.82) is 0 Å². The van der Waals surface area contributed by atoms with Gasteiger partial charge in [-0.1, -0.05) is 23.7 Å². The Kier molecular flexibility index (Phi) is 5.85. The zero-order chi connectivity index (χ0) is 19.5. The summed E-state index contributed by atoms with van der Waals surface area (Å²) < 4.78 is 11.2. The third kappa shape index (κ3) is 4.32. The number of halogens is 1. The third-order valence-electron chi connectivity index (χ3n) is 5.37. The molecule has 148 valence electrons. The third-order valence-corrected chi connectivity index (χ3v) is 5.60. The summed E-state index contributed by atoms with van der Waals surface area (Å²) in [5.74, 6) is 0.885. The van der Waals surface area contributed by atoms with Crippen molar-refractivity contribution in [1.82, 2.24) is 10.2 Å². The molecule has 2 aromatic carbocycles. The molecule has 0 bridgehead atoms. The van der Waals surface area contributed by atoms with Crippen molar-refractivity contribution in [3.8, 4) is 16.9 Å². The summed E-state index contributed by atoms with van der Waals surface area (Å²) in [5.41, 5.74) is 4.36. The fourth-order valence-electron chi connectivity index (χ4n) is 3.82. The van der Waals surface area contributed by atoms with Gasteiger partial charge in [0.05, 0.1) is 32.4 Å². The topological polar surface area (TPSA) is 50.8 Å². The number of nitrogens with one attached hydrogen (secondary N) is 1. The van der Waals surface area contributed by atoms with Gasteiger partial charge < -0.3 is 14.8 Å². The van der Waals surface area contributed by atoms with Crippen LogP contribution in [0.4, 0.5) is 0 Å². The van der Waals surface area contributed by atoms with Crippen LogP contribution in [0.15, 0.2) is 36.4 Å². The zero-order valence-electron chi connectivity index (χ0n) is 16.0. The van der Waals surface area contributed by atoms with Gasteiger partial charge in [0.15, 0.2) is 0 Å². The Morgan fingerprint density at radius 2 is 2.00 bits per heavy atom. The first-order valence-corrected chi connectivity index (χ1v) is 10.1. The fraction of sp³-hybridized carbons (Fsp3) is 0.409. The molecule has 0 radical (unpaired) electrons. The summed E-state index contributed by atoms with van der Waals surface area (Å²) in [7, 11) is 0. The molecule has 4 rings (SSSR count). The van der Waals surface area contributed by atoms with Crippen molar-refractivity contribution in [2.75, 3.05) is 39.5 Å². The summed E-state index contributed by atoms with van der Waals surface area (Å²) >= 11 is 6.20. The lowest BCUT2D eigenvalue weighted by molar-refractivity contribution is -0.124. The van der Waals surface area contributed by atoms with E-state index in [0.717, 1.165) is 47.5 Å². The Labute approximate surface area is 170 Å². The minimum atomic E-state index is -0.0447. The lowest BCUT2D eigenvalue weighted by Gasteiger charge is -2.30. The molecule has 2 aliphatic heterocycles. The summed E-state index contributed by atoms with van der Waals surface area (Å²) in [6.45, 7) is 6.06. The lowest BCUT2D eigenvalue weighted by Crippen LogP contribution is -2.44. The predicted octanol–water partition coefficient (Wildman–Crippen LogP) is 3.59. The summed E-state index contributed by atoms with van der Waals surface area (Å²) in [6.07, 6.45) is 0.764. The first-order valence-electron chi connectivity index (χ1n) is 9.73. The van der Waals surface area contributed by atoms with Crippen LogP contribution in [0.5, 0.6) is 5.75 Å². The first kappa shape index (κ1) is 19.2. The molecule has 0 spiro atoms. The molecule has 5 nitrogen and oxygen atoms in total. The van der Waals surface area contributed by atoms with Crippen LogP contribution in [-0.2, 0) is 9.53 Å². The van der Waals surface area contributed by atoms with E-state index in [2.05, 4.69) is 29.3 Å². The van der Waals surface area contributed by atoms with Crippen molar-refractivity contribution >= 4 is 17.5 Å². The van der Waals surface area contributed by atoms with Gasteiger partial charge in [-0.25, -0.2) is 0 Å². The van der Waals surface area contributed by atoms with Crippen molar-refractivity contribution in [3.63, 3.8) is 0 Å². The van der Waals surface area contributed by atoms with E-state index in [-0.39, 0.29) is 11.9 Å². The first-order chi connectivity index (χ1) is 13.6. The van der Waals surface area contributed by atoms with Crippen LogP contribution in [-0.4, -0.2) is 50.3 Å². The molecular weight excluding hydrogens is 376 g/mol. The molecule has 1 atom stereocenters. The van der Waals surface area contributed by atoms with Gasteiger partial charge in [-0.2, -0.15) is 0 Å². The number of carbonyl (C=O) groups is 1. The molecule has 2 aliphatic rings. The number of hydrogen-bond acceptors (Lipinski definition) is 4. The summed E-state index contributed by atoms with van der Waals surface area (Å²) in [6, 6.07) is 12.0. The van der Waals surface area contributed by atoms with E-state index in [1.165, 1.54) is 0 Å². The molecule has 0 aliphatic carbocycles. The van der Waals surface area contributed by atoms with Crippen LogP contribution in [0.25, 0.3) is 11.1 Å². The van der Waals surface area contributed by atoms with Crippen molar-refractivity contribution in [2.45, 2.75) is 19.4 Å². The number of nitrogens with zero attached hydrogens (tertiary/aromatic N) is 1. The normalized spacial score (nSPS) is 19.6. The maximum absolute atomic E-state index is 12.6. The second kappa shape index (κ2) is 8.52. The second-order valence-corrected chi connectivity index (χ2v) is 7.79. The van der Waals surface area contributed by atoms with E-state index < -0.39 is 0 Å². The number of amides is 1. The number of ether oxygens (including phenoxy) is 2. The second-order valence-electron chi connectivity index (χ2n) is 7.36. The van der Waals surface area contributed by atoms with E-state index in [1.807, 2.05) is 24.3 Å². The van der Waals surface area contributed by atoms with E-state index >= 15 is 0 Å². The van der Waals surface area contributed by atoms with E-state index in [0.29, 0.717) is 31.4 Å². The van der Waals surface area contributed by atoms with E-state index in [9.17, 15) is 4.79 Å². The molecule has 1 fully saturated rings. The van der Waals surface area contributed by atoms with E-state index in [4.69, 9.17) is 21.1 Å². The molecule has 1 saturated heterocycles. The van der Waals surface area contributed by atoms with E-state index in [1.54, 1.807) is 0 Å². The number of morpholine rings is 1. The quantitative estimate of drug-likeness (QED) is 0.852. The molecule has 1 unspecified atom stereocenters. The maximum atomic E-state index is 12.6.